The van der Waals surface area contributed by atoms with Crippen LogP contribution in [-0.4, -0.2) is 57.8 Å². The first kappa shape index (κ1) is 18.7. The van der Waals surface area contributed by atoms with Gasteiger partial charge >= 0.3 is 11.9 Å². The Balaban J connectivity index is 1.83. The molecule has 6 atom stereocenters. The van der Waals surface area contributed by atoms with Crippen LogP contribution < -0.4 is 0 Å². The first-order valence-electron chi connectivity index (χ1n) is 9.42. The average Bonchev–Trinajstić information content (AvgIpc) is 2.93. The fourth-order valence-electron chi connectivity index (χ4n) is 5.38. The lowest BCUT2D eigenvalue weighted by atomic mass is 9.76. The summed E-state index contributed by atoms with van der Waals surface area (Å²) in [7, 11) is 0. The number of fused-ring (bicyclic) bond motifs is 1. The van der Waals surface area contributed by atoms with Crippen LogP contribution in [0.2, 0.25) is 0 Å². The van der Waals surface area contributed by atoms with Crippen LogP contribution in [0, 0.1) is 5.92 Å². The number of ether oxygens (including phenoxy) is 3. The number of rotatable bonds is 3. The van der Waals surface area contributed by atoms with Gasteiger partial charge in [-0.15, -0.1) is 0 Å². The minimum absolute atomic E-state index is 0.103. The summed E-state index contributed by atoms with van der Waals surface area (Å²) in [5, 5.41) is 21.1. The molecule has 1 spiro atoms. The highest BCUT2D eigenvalue weighted by atomic mass is 16.7. The molecule has 4 aliphatic rings. The summed E-state index contributed by atoms with van der Waals surface area (Å²) < 4.78 is 17.5. The number of carbonyl (C=O) groups is 2. The van der Waals surface area contributed by atoms with Crippen LogP contribution in [-0.2, 0) is 23.8 Å². The third-order valence-corrected chi connectivity index (χ3v) is 6.96. The smallest absolute Gasteiger partial charge is 0.337 e. The minimum Gasteiger partial charge on any atom is -0.454 e. The quantitative estimate of drug-likeness (QED) is 0.431. The highest BCUT2D eigenvalue weighted by Crippen LogP contribution is 2.70. The summed E-state index contributed by atoms with van der Waals surface area (Å²) in [6.07, 6.45) is 1.62. The van der Waals surface area contributed by atoms with E-state index < -0.39 is 47.6 Å². The van der Waals surface area contributed by atoms with Gasteiger partial charge < -0.3 is 24.4 Å². The van der Waals surface area contributed by atoms with Gasteiger partial charge in [0.2, 0.25) is 0 Å². The number of allylic oxidation sites excluding steroid dienone is 1. The molecule has 148 valence electrons. The second kappa shape index (κ2) is 5.65. The van der Waals surface area contributed by atoms with E-state index in [0.717, 1.165) is 12.8 Å². The Morgan fingerprint density at radius 2 is 2.11 bits per heavy atom. The monoisotopic (exact) mass is 378 g/mol. The highest BCUT2D eigenvalue weighted by molar-refractivity contribution is 5.94. The molecule has 2 saturated carbocycles. The van der Waals surface area contributed by atoms with E-state index >= 15 is 0 Å². The lowest BCUT2D eigenvalue weighted by Gasteiger charge is -2.34. The van der Waals surface area contributed by atoms with E-state index in [4.69, 9.17) is 14.2 Å². The maximum Gasteiger partial charge on any atom is 0.337 e. The van der Waals surface area contributed by atoms with Crippen LogP contribution in [0.25, 0.3) is 0 Å². The Hall–Kier alpha value is -1.70. The molecule has 0 amide bonds. The molecule has 27 heavy (non-hydrogen) atoms. The van der Waals surface area contributed by atoms with Gasteiger partial charge in [-0.25, -0.2) is 9.59 Å². The fourth-order valence-corrected chi connectivity index (χ4v) is 5.38. The van der Waals surface area contributed by atoms with E-state index in [-0.39, 0.29) is 17.9 Å². The molecule has 6 unspecified atom stereocenters. The molecular formula is C20H26O7. The van der Waals surface area contributed by atoms with E-state index in [2.05, 4.69) is 0 Å². The molecule has 0 aromatic heterocycles. The number of aliphatic hydroxyl groups is 2. The van der Waals surface area contributed by atoms with Crippen LogP contribution in [0.15, 0.2) is 22.8 Å². The second-order valence-electron chi connectivity index (χ2n) is 8.52. The van der Waals surface area contributed by atoms with E-state index in [1.54, 1.807) is 26.8 Å². The van der Waals surface area contributed by atoms with Gasteiger partial charge in [-0.2, -0.15) is 0 Å². The molecule has 4 rings (SSSR count). The van der Waals surface area contributed by atoms with E-state index in [1.807, 2.05) is 6.92 Å². The topological polar surface area (TPSA) is 106 Å². The van der Waals surface area contributed by atoms with Crippen LogP contribution in [0.4, 0.5) is 0 Å². The molecule has 0 radical (unpaired) electrons. The summed E-state index contributed by atoms with van der Waals surface area (Å²) >= 11 is 0. The van der Waals surface area contributed by atoms with Gasteiger partial charge in [0.05, 0.1) is 23.4 Å². The van der Waals surface area contributed by atoms with Crippen molar-refractivity contribution in [3.8, 4) is 0 Å². The minimum atomic E-state index is -1.17. The van der Waals surface area contributed by atoms with E-state index in [1.165, 1.54) is 0 Å². The van der Waals surface area contributed by atoms with Crippen molar-refractivity contribution in [1.29, 1.82) is 0 Å². The summed E-state index contributed by atoms with van der Waals surface area (Å²) in [5.41, 5.74) is -1.54. The van der Waals surface area contributed by atoms with Crippen molar-refractivity contribution in [3.05, 3.63) is 22.8 Å². The summed E-state index contributed by atoms with van der Waals surface area (Å²) in [6, 6.07) is 0. The van der Waals surface area contributed by atoms with Crippen molar-refractivity contribution in [1.82, 2.24) is 0 Å². The first-order chi connectivity index (χ1) is 12.6. The van der Waals surface area contributed by atoms with Crippen molar-refractivity contribution in [2.45, 2.75) is 76.0 Å². The fraction of sp³-hybridized carbons (Fsp3) is 0.700. The van der Waals surface area contributed by atoms with Crippen LogP contribution >= 0.6 is 0 Å². The maximum atomic E-state index is 12.4. The Morgan fingerprint density at radius 1 is 1.41 bits per heavy atom. The van der Waals surface area contributed by atoms with Gasteiger partial charge in [0, 0.05) is 23.5 Å². The predicted molar refractivity (Wildman–Crippen MR) is 93.5 cm³/mol. The molecule has 2 N–H and O–H groups in total. The molecule has 2 heterocycles. The van der Waals surface area contributed by atoms with Gasteiger partial charge in [-0.1, -0.05) is 6.08 Å². The highest BCUT2D eigenvalue weighted by Gasteiger charge is 2.83. The summed E-state index contributed by atoms with van der Waals surface area (Å²) in [4.78, 5) is 24.8. The molecule has 1 saturated heterocycles. The Bertz CT molecular complexity index is 779. The van der Waals surface area contributed by atoms with Crippen LogP contribution in [0.3, 0.4) is 0 Å². The normalized spacial score (nSPS) is 45.6. The predicted octanol–water partition coefficient (Wildman–Crippen LogP) is 1.17. The largest absolute Gasteiger partial charge is 0.454 e. The van der Waals surface area contributed by atoms with Gasteiger partial charge in [-0.05, 0) is 40.5 Å². The zero-order valence-electron chi connectivity index (χ0n) is 16.1. The van der Waals surface area contributed by atoms with Gasteiger partial charge in [0.1, 0.15) is 11.7 Å². The number of hydrogen-bond acceptors (Lipinski definition) is 7. The first-order valence-corrected chi connectivity index (χ1v) is 9.42. The molecule has 2 aliphatic carbocycles. The van der Waals surface area contributed by atoms with Crippen molar-refractivity contribution < 1.29 is 34.0 Å². The number of epoxide rings is 1. The second-order valence-corrected chi connectivity index (χ2v) is 8.52. The lowest BCUT2D eigenvalue weighted by molar-refractivity contribution is -0.147. The summed E-state index contributed by atoms with van der Waals surface area (Å²) in [6.45, 7) is 6.54. The standard InChI is InChI=1S/C20H26O7/c1-5-10(2)16(22)25-12-8-18(3,24)13-6-7-19(4)20(13,27-19)15-14(12)11(9-21)17(23)26-15/h5,12-13,15,21,24H,6-9H2,1-4H3. The van der Waals surface area contributed by atoms with Gasteiger partial charge in [0.15, 0.2) is 6.10 Å². The molecule has 0 bridgehead atoms. The van der Waals surface area contributed by atoms with Gasteiger partial charge in [0.25, 0.3) is 0 Å². The molecule has 0 aromatic rings. The lowest BCUT2D eigenvalue weighted by Crippen LogP contribution is -2.47. The Kier molecular flexibility index (Phi) is 3.91. The third-order valence-electron chi connectivity index (χ3n) is 6.96. The zero-order valence-corrected chi connectivity index (χ0v) is 16.1. The number of esters is 2. The Morgan fingerprint density at radius 3 is 2.70 bits per heavy atom. The van der Waals surface area contributed by atoms with E-state index in [0.29, 0.717) is 11.1 Å². The van der Waals surface area contributed by atoms with Crippen LogP contribution in [0.5, 0.6) is 0 Å². The van der Waals surface area contributed by atoms with E-state index in [9.17, 15) is 19.8 Å². The number of hydrogen-bond donors (Lipinski definition) is 2. The van der Waals surface area contributed by atoms with Crippen molar-refractivity contribution in [3.63, 3.8) is 0 Å². The molecule has 7 heteroatoms. The van der Waals surface area contributed by atoms with Crippen molar-refractivity contribution >= 4 is 11.9 Å². The average molecular weight is 378 g/mol. The van der Waals surface area contributed by atoms with Gasteiger partial charge in [-0.3, -0.25) is 0 Å². The Labute approximate surface area is 158 Å². The SMILES string of the molecule is CC=C(C)C(=O)OC1CC(C)(O)C2CCC3(C)OC23C2OC(=O)C(CO)=C12. The molecule has 0 aromatic carbocycles. The van der Waals surface area contributed by atoms with Crippen molar-refractivity contribution in [2.75, 3.05) is 6.61 Å². The molecular weight excluding hydrogens is 352 g/mol. The summed E-state index contributed by atoms with van der Waals surface area (Å²) in [5.74, 6) is -1.39. The zero-order chi connectivity index (χ0) is 19.8. The number of carbonyl (C=O) groups excluding carboxylic acids is 2. The molecule has 2 aliphatic heterocycles. The van der Waals surface area contributed by atoms with Crippen molar-refractivity contribution in [2.24, 2.45) is 5.92 Å². The number of aliphatic hydroxyl groups excluding tert-OH is 1. The molecule has 7 nitrogen and oxygen atoms in total. The molecule has 3 fully saturated rings. The maximum absolute atomic E-state index is 12.4. The third kappa shape index (κ3) is 2.31. The van der Waals surface area contributed by atoms with Crippen LogP contribution in [0.1, 0.15) is 47.0 Å².